The van der Waals surface area contributed by atoms with E-state index in [9.17, 15) is 0 Å². The molecule has 0 fully saturated rings. The normalized spacial score (nSPS) is 11.5. The molecule has 6 rings (SSSR count). The van der Waals surface area contributed by atoms with Crippen molar-refractivity contribution in [3.05, 3.63) is 156 Å². The van der Waals surface area contributed by atoms with E-state index in [-0.39, 0.29) is 0 Å². The Kier molecular flexibility index (Phi) is 5.70. The molecular formula is C33H26N4. The molecular weight excluding hydrogens is 452 g/mol. The molecule has 0 spiro atoms. The van der Waals surface area contributed by atoms with E-state index in [1.54, 1.807) is 6.08 Å². The average molecular weight is 479 g/mol. The van der Waals surface area contributed by atoms with Crippen LogP contribution in [0.3, 0.4) is 0 Å². The lowest BCUT2D eigenvalue weighted by Crippen LogP contribution is -2.38. The third-order valence-electron chi connectivity index (χ3n) is 6.86. The molecule has 0 radical (unpaired) electrons. The van der Waals surface area contributed by atoms with Crippen molar-refractivity contribution in [1.29, 1.82) is 0 Å². The molecule has 178 valence electrons. The summed E-state index contributed by atoms with van der Waals surface area (Å²) in [6, 6.07) is 37.9. The van der Waals surface area contributed by atoms with E-state index in [0.29, 0.717) is 0 Å². The van der Waals surface area contributed by atoms with Crippen LogP contribution < -0.4 is 0 Å². The number of aryl methyl sites for hydroxylation is 1. The number of rotatable bonds is 6. The Morgan fingerprint density at radius 2 is 1.30 bits per heavy atom. The summed E-state index contributed by atoms with van der Waals surface area (Å²) in [4.78, 5) is 9.07. The average Bonchev–Trinajstić information content (AvgIpc) is 3.34. The number of pyridine rings is 2. The van der Waals surface area contributed by atoms with E-state index in [0.717, 1.165) is 50.2 Å². The summed E-state index contributed by atoms with van der Waals surface area (Å²) < 4.78 is 2.17. The van der Waals surface area contributed by atoms with E-state index in [4.69, 9.17) is 5.10 Å². The van der Waals surface area contributed by atoms with Gasteiger partial charge in [0.05, 0.1) is 11.2 Å². The summed E-state index contributed by atoms with van der Waals surface area (Å²) in [5.74, 6) is 0. The number of hydrogen-bond acceptors (Lipinski definition) is 3. The van der Waals surface area contributed by atoms with Crippen molar-refractivity contribution in [2.24, 2.45) is 0 Å². The van der Waals surface area contributed by atoms with Crippen LogP contribution in [0.2, 0.25) is 0 Å². The van der Waals surface area contributed by atoms with Crippen LogP contribution in [-0.2, 0) is 5.54 Å². The zero-order valence-electron chi connectivity index (χ0n) is 20.6. The zero-order valence-corrected chi connectivity index (χ0v) is 20.6. The molecule has 4 nitrogen and oxygen atoms in total. The Morgan fingerprint density at radius 3 is 1.81 bits per heavy atom. The van der Waals surface area contributed by atoms with E-state index >= 15 is 0 Å². The highest BCUT2D eigenvalue weighted by molar-refractivity contribution is 5.94. The van der Waals surface area contributed by atoms with E-state index < -0.39 is 5.54 Å². The summed E-state index contributed by atoms with van der Waals surface area (Å²) in [5, 5.41) is 6.37. The highest BCUT2D eigenvalue weighted by Crippen LogP contribution is 2.43. The van der Waals surface area contributed by atoms with Crippen molar-refractivity contribution >= 4 is 17.0 Å². The maximum atomic E-state index is 5.39. The minimum atomic E-state index is -0.734. The van der Waals surface area contributed by atoms with Gasteiger partial charge in [-0.2, -0.15) is 5.10 Å². The summed E-state index contributed by atoms with van der Waals surface area (Å²) in [5.41, 5.74) is 7.21. The number of aromatic nitrogens is 4. The minimum Gasteiger partial charge on any atom is -0.262 e. The second-order valence-electron chi connectivity index (χ2n) is 9.09. The fourth-order valence-corrected chi connectivity index (χ4v) is 5.20. The van der Waals surface area contributed by atoms with Crippen molar-refractivity contribution in [1.82, 2.24) is 19.7 Å². The second-order valence-corrected chi connectivity index (χ2v) is 9.09. The predicted octanol–water partition coefficient (Wildman–Crippen LogP) is 7.28. The zero-order chi connectivity index (χ0) is 25.2. The Bertz CT molecular complexity index is 1590. The summed E-state index contributed by atoms with van der Waals surface area (Å²) in [7, 11) is 0. The molecule has 0 bridgehead atoms. The number of hydrogen-bond donors (Lipinski definition) is 0. The van der Waals surface area contributed by atoms with Crippen LogP contribution >= 0.6 is 0 Å². The number of fused-ring (bicyclic) bond motifs is 1. The first-order chi connectivity index (χ1) is 18.2. The molecule has 0 aliphatic heterocycles. The van der Waals surface area contributed by atoms with Crippen molar-refractivity contribution in [3.63, 3.8) is 0 Å². The van der Waals surface area contributed by atoms with E-state index in [1.165, 1.54) is 0 Å². The molecule has 0 atom stereocenters. The third-order valence-corrected chi connectivity index (χ3v) is 6.86. The van der Waals surface area contributed by atoms with Crippen LogP contribution in [0.25, 0.3) is 28.2 Å². The molecule has 37 heavy (non-hydrogen) atoms. The molecule has 0 amide bonds. The Hall–Kier alpha value is -4.83. The fraction of sp³-hybridized carbons (Fsp3) is 0.0606. The second kappa shape index (κ2) is 9.32. The smallest absolute Gasteiger partial charge is 0.138 e. The molecule has 0 saturated carbocycles. The van der Waals surface area contributed by atoms with Crippen molar-refractivity contribution in [3.8, 4) is 11.3 Å². The van der Waals surface area contributed by atoms with Gasteiger partial charge in [-0.3, -0.25) is 9.97 Å². The van der Waals surface area contributed by atoms with Crippen molar-refractivity contribution in [2.75, 3.05) is 0 Å². The van der Waals surface area contributed by atoms with E-state index in [2.05, 4.69) is 124 Å². The number of benzene rings is 3. The molecule has 3 heterocycles. The molecule has 6 aromatic rings. The lowest BCUT2D eigenvalue weighted by molar-refractivity contribution is 0.477. The molecule has 0 saturated heterocycles. The Morgan fingerprint density at radius 1 is 0.730 bits per heavy atom. The summed E-state index contributed by atoms with van der Waals surface area (Å²) in [6.45, 7) is 5.98. The van der Waals surface area contributed by atoms with Crippen LogP contribution in [-0.4, -0.2) is 19.7 Å². The maximum absolute atomic E-state index is 5.39. The van der Waals surface area contributed by atoms with Gasteiger partial charge in [0.15, 0.2) is 0 Å². The van der Waals surface area contributed by atoms with Gasteiger partial charge in [0.1, 0.15) is 11.2 Å². The first kappa shape index (κ1) is 22.6. The lowest BCUT2D eigenvalue weighted by Gasteiger charge is -2.37. The standard InChI is InChI=1S/C33H26N4/c1-3-29-22-31-30(23-35-29)32(25-19-20-34-24(2)21-25)36-37(31)33(26-13-7-4-8-14-26,27-15-9-5-10-16-27)28-17-11-6-12-18-28/h3-23H,1H2,2H3. The fourth-order valence-electron chi connectivity index (χ4n) is 5.20. The SMILES string of the molecule is C=Cc1cc2c(cn1)c(-c1ccnc(C)c1)nn2C(c1ccccc1)(c1ccccc1)c1ccccc1. The van der Waals surface area contributed by atoms with E-state index in [1.807, 2.05) is 25.4 Å². The van der Waals surface area contributed by atoms with Gasteiger partial charge in [-0.15, -0.1) is 0 Å². The van der Waals surface area contributed by atoms with Gasteiger partial charge < -0.3 is 0 Å². The van der Waals surface area contributed by atoms with Crippen molar-refractivity contribution < 1.29 is 0 Å². The maximum Gasteiger partial charge on any atom is 0.138 e. The summed E-state index contributed by atoms with van der Waals surface area (Å²) in [6.07, 6.45) is 5.52. The topological polar surface area (TPSA) is 43.6 Å². The molecule has 0 unspecified atom stereocenters. The largest absolute Gasteiger partial charge is 0.262 e. The molecule has 0 N–H and O–H groups in total. The number of nitrogens with zero attached hydrogens (tertiary/aromatic N) is 4. The van der Waals surface area contributed by atoms with Crippen molar-refractivity contribution in [2.45, 2.75) is 12.5 Å². The first-order valence-electron chi connectivity index (χ1n) is 12.3. The van der Waals surface area contributed by atoms with Gasteiger partial charge >= 0.3 is 0 Å². The van der Waals surface area contributed by atoms with Gasteiger partial charge in [-0.25, -0.2) is 4.68 Å². The Labute approximate surface area is 216 Å². The quantitative estimate of drug-likeness (QED) is 0.236. The van der Waals surface area contributed by atoms with Gasteiger partial charge in [0.25, 0.3) is 0 Å². The molecule has 3 aromatic heterocycles. The van der Waals surface area contributed by atoms with Crippen LogP contribution in [0.5, 0.6) is 0 Å². The molecule has 4 heteroatoms. The van der Waals surface area contributed by atoms with Crippen LogP contribution in [0.1, 0.15) is 28.1 Å². The van der Waals surface area contributed by atoms with Crippen LogP contribution in [0, 0.1) is 6.92 Å². The monoisotopic (exact) mass is 478 g/mol. The van der Waals surface area contributed by atoms with Crippen LogP contribution in [0.4, 0.5) is 0 Å². The molecule has 0 aliphatic rings. The van der Waals surface area contributed by atoms with Gasteiger partial charge in [0, 0.05) is 29.0 Å². The third kappa shape index (κ3) is 3.74. The highest BCUT2D eigenvalue weighted by atomic mass is 15.3. The highest BCUT2D eigenvalue weighted by Gasteiger charge is 2.41. The summed E-state index contributed by atoms with van der Waals surface area (Å²) >= 11 is 0. The molecule has 3 aromatic carbocycles. The van der Waals surface area contributed by atoms with Gasteiger partial charge in [-0.05, 0) is 47.9 Å². The lowest BCUT2D eigenvalue weighted by atomic mass is 9.77. The molecule has 0 aliphatic carbocycles. The van der Waals surface area contributed by atoms with Gasteiger partial charge in [0.2, 0.25) is 0 Å². The Balaban J connectivity index is 1.81. The van der Waals surface area contributed by atoms with Gasteiger partial charge in [-0.1, -0.05) is 97.6 Å². The van der Waals surface area contributed by atoms with Crippen LogP contribution in [0.15, 0.2) is 128 Å². The minimum absolute atomic E-state index is 0.734. The first-order valence-corrected chi connectivity index (χ1v) is 12.3. The predicted molar refractivity (Wildman–Crippen MR) is 150 cm³/mol.